The molecular formula is C16H13F3N2O4. The van der Waals surface area contributed by atoms with Crippen molar-refractivity contribution in [3.63, 3.8) is 0 Å². The van der Waals surface area contributed by atoms with Gasteiger partial charge in [-0.15, -0.1) is 0 Å². The zero-order valence-corrected chi connectivity index (χ0v) is 12.6. The number of nitrogens with one attached hydrogen (secondary N) is 2. The van der Waals surface area contributed by atoms with Crippen LogP contribution in [0.4, 0.5) is 18.9 Å². The predicted octanol–water partition coefficient (Wildman–Crippen LogP) is 2.53. The average molecular weight is 354 g/mol. The van der Waals surface area contributed by atoms with Crippen LogP contribution in [-0.2, 0) is 11.3 Å². The molecule has 4 N–H and O–H groups in total. The van der Waals surface area contributed by atoms with Gasteiger partial charge in [-0.3, -0.25) is 9.59 Å². The molecule has 0 heterocycles. The highest BCUT2D eigenvalue weighted by Gasteiger charge is 2.38. The van der Waals surface area contributed by atoms with Crippen LogP contribution in [0.5, 0.6) is 11.5 Å². The van der Waals surface area contributed by atoms with Crippen LogP contribution in [0.25, 0.3) is 0 Å². The normalized spacial score (nSPS) is 11.0. The van der Waals surface area contributed by atoms with Gasteiger partial charge in [-0.2, -0.15) is 13.2 Å². The standard InChI is InChI=1S/C16H13F3N2O4/c17-16(18,19)15(25)20-8-9-2-1-3-11(4-9)21-14(24)10-5-12(22)7-13(23)6-10/h1-7,22-23H,8H2,(H,20,25)(H,21,24). The first-order valence-corrected chi connectivity index (χ1v) is 6.93. The van der Waals surface area contributed by atoms with Gasteiger partial charge in [-0.1, -0.05) is 12.1 Å². The van der Waals surface area contributed by atoms with Gasteiger partial charge in [0.05, 0.1) is 0 Å². The summed E-state index contributed by atoms with van der Waals surface area (Å²) in [5, 5.41) is 22.9. The molecule has 0 aliphatic carbocycles. The number of aromatic hydroxyl groups is 2. The number of hydrogen-bond donors (Lipinski definition) is 4. The van der Waals surface area contributed by atoms with Gasteiger partial charge in [0, 0.05) is 23.9 Å². The van der Waals surface area contributed by atoms with E-state index in [1.165, 1.54) is 24.3 Å². The highest BCUT2D eigenvalue weighted by Crippen LogP contribution is 2.21. The lowest BCUT2D eigenvalue weighted by molar-refractivity contribution is -0.173. The molecule has 2 rings (SSSR count). The molecule has 132 valence electrons. The number of phenolic OH excluding ortho intramolecular Hbond substituents is 2. The third-order valence-electron chi connectivity index (χ3n) is 3.06. The number of hydrogen-bond acceptors (Lipinski definition) is 4. The first-order valence-electron chi connectivity index (χ1n) is 6.93. The van der Waals surface area contributed by atoms with Crippen LogP contribution in [-0.4, -0.2) is 28.2 Å². The average Bonchev–Trinajstić information content (AvgIpc) is 2.51. The molecule has 9 heteroatoms. The van der Waals surface area contributed by atoms with Crippen molar-refractivity contribution >= 4 is 17.5 Å². The van der Waals surface area contributed by atoms with Crippen molar-refractivity contribution in [1.82, 2.24) is 5.32 Å². The minimum atomic E-state index is -4.97. The fourth-order valence-electron chi connectivity index (χ4n) is 1.97. The van der Waals surface area contributed by atoms with Gasteiger partial charge in [-0.05, 0) is 29.8 Å². The first-order chi connectivity index (χ1) is 11.6. The van der Waals surface area contributed by atoms with E-state index in [1.54, 1.807) is 5.32 Å². The van der Waals surface area contributed by atoms with Gasteiger partial charge in [0.15, 0.2) is 0 Å². The lowest BCUT2D eigenvalue weighted by atomic mass is 10.1. The second-order valence-corrected chi connectivity index (χ2v) is 5.07. The number of benzene rings is 2. The van der Waals surface area contributed by atoms with Gasteiger partial charge < -0.3 is 20.8 Å². The molecule has 0 aromatic heterocycles. The summed E-state index contributed by atoms with van der Waals surface area (Å²) in [6.07, 6.45) is -4.97. The summed E-state index contributed by atoms with van der Waals surface area (Å²) in [4.78, 5) is 22.9. The molecule has 0 saturated carbocycles. The molecular weight excluding hydrogens is 341 g/mol. The van der Waals surface area contributed by atoms with E-state index in [9.17, 15) is 33.0 Å². The van der Waals surface area contributed by atoms with Crippen LogP contribution in [0.15, 0.2) is 42.5 Å². The number of amides is 2. The Morgan fingerprint density at radius 1 is 1.00 bits per heavy atom. The van der Waals surface area contributed by atoms with Gasteiger partial charge in [0.1, 0.15) is 11.5 Å². The number of halogens is 3. The monoisotopic (exact) mass is 354 g/mol. The molecule has 0 saturated heterocycles. The third-order valence-corrected chi connectivity index (χ3v) is 3.06. The summed E-state index contributed by atoms with van der Waals surface area (Å²) in [5.41, 5.74) is 0.606. The topological polar surface area (TPSA) is 98.7 Å². The molecule has 0 radical (unpaired) electrons. The van der Waals surface area contributed by atoms with Crippen molar-refractivity contribution in [2.45, 2.75) is 12.7 Å². The number of carbonyl (C=O) groups is 2. The molecule has 2 aromatic carbocycles. The van der Waals surface area contributed by atoms with Gasteiger partial charge in [0.25, 0.3) is 5.91 Å². The SMILES string of the molecule is O=C(Nc1cccc(CNC(=O)C(F)(F)F)c1)c1cc(O)cc(O)c1. The van der Waals surface area contributed by atoms with Gasteiger partial charge >= 0.3 is 12.1 Å². The van der Waals surface area contributed by atoms with E-state index in [0.29, 0.717) is 5.56 Å². The summed E-state index contributed by atoms with van der Waals surface area (Å²) >= 11 is 0. The fourth-order valence-corrected chi connectivity index (χ4v) is 1.97. The zero-order valence-electron chi connectivity index (χ0n) is 12.6. The summed E-state index contributed by atoms with van der Waals surface area (Å²) < 4.78 is 36.4. The molecule has 0 spiro atoms. The Morgan fingerprint density at radius 2 is 1.64 bits per heavy atom. The molecule has 0 atom stereocenters. The lowest BCUT2D eigenvalue weighted by Crippen LogP contribution is -2.36. The minimum Gasteiger partial charge on any atom is -0.508 e. The van der Waals surface area contributed by atoms with Crippen LogP contribution in [0.3, 0.4) is 0 Å². The van der Waals surface area contributed by atoms with Crippen LogP contribution in [0.1, 0.15) is 15.9 Å². The Balaban J connectivity index is 2.06. The van der Waals surface area contributed by atoms with Crippen molar-refractivity contribution in [2.75, 3.05) is 5.32 Å². The van der Waals surface area contributed by atoms with E-state index in [-0.39, 0.29) is 29.3 Å². The third kappa shape index (κ3) is 5.13. The summed E-state index contributed by atoms with van der Waals surface area (Å²) in [6.45, 7) is -0.366. The first kappa shape index (κ1) is 18.1. The summed E-state index contributed by atoms with van der Waals surface area (Å²) in [7, 11) is 0. The number of carbonyl (C=O) groups excluding carboxylic acids is 2. The summed E-state index contributed by atoms with van der Waals surface area (Å²) in [5.74, 6) is -3.29. The van der Waals surface area contributed by atoms with E-state index in [1.807, 2.05) is 0 Å². The molecule has 0 aliphatic heterocycles. The largest absolute Gasteiger partial charge is 0.508 e. The van der Waals surface area contributed by atoms with E-state index in [2.05, 4.69) is 5.32 Å². The molecule has 25 heavy (non-hydrogen) atoms. The zero-order chi connectivity index (χ0) is 18.6. The van der Waals surface area contributed by atoms with Crippen LogP contribution < -0.4 is 10.6 Å². The molecule has 0 unspecified atom stereocenters. The molecule has 0 aliphatic rings. The number of anilines is 1. The van der Waals surface area contributed by atoms with Crippen molar-refractivity contribution in [3.8, 4) is 11.5 Å². The van der Waals surface area contributed by atoms with Crippen LogP contribution in [0, 0.1) is 0 Å². The number of rotatable bonds is 4. The second kappa shape index (κ2) is 7.12. The Bertz CT molecular complexity index is 786. The predicted molar refractivity (Wildman–Crippen MR) is 82.1 cm³/mol. The molecule has 0 fully saturated rings. The second-order valence-electron chi connectivity index (χ2n) is 5.07. The molecule has 2 aromatic rings. The maximum absolute atomic E-state index is 12.1. The van der Waals surface area contributed by atoms with E-state index in [4.69, 9.17) is 0 Å². The smallest absolute Gasteiger partial charge is 0.471 e. The van der Waals surface area contributed by atoms with Gasteiger partial charge in [0.2, 0.25) is 0 Å². The Hall–Kier alpha value is -3.23. The van der Waals surface area contributed by atoms with E-state index >= 15 is 0 Å². The highest BCUT2D eigenvalue weighted by molar-refractivity contribution is 6.04. The van der Waals surface area contributed by atoms with Gasteiger partial charge in [-0.25, -0.2) is 0 Å². The Morgan fingerprint density at radius 3 is 2.24 bits per heavy atom. The lowest BCUT2D eigenvalue weighted by Gasteiger charge is -2.10. The van der Waals surface area contributed by atoms with Crippen LogP contribution in [0.2, 0.25) is 0 Å². The summed E-state index contributed by atoms with van der Waals surface area (Å²) in [6, 6.07) is 9.19. The van der Waals surface area contributed by atoms with E-state index < -0.39 is 18.0 Å². The van der Waals surface area contributed by atoms with E-state index in [0.717, 1.165) is 18.2 Å². The van der Waals surface area contributed by atoms with Crippen LogP contribution >= 0.6 is 0 Å². The highest BCUT2D eigenvalue weighted by atomic mass is 19.4. The van der Waals surface area contributed by atoms with Crippen molar-refractivity contribution < 1.29 is 33.0 Å². The molecule has 2 amide bonds. The Labute approximate surface area is 139 Å². The maximum atomic E-state index is 12.1. The number of alkyl halides is 3. The fraction of sp³-hybridized carbons (Fsp3) is 0.125. The van der Waals surface area contributed by atoms with Crippen molar-refractivity contribution in [2.24, 2.45) is 0 Å². The van der Waals surface area contributed by atoms with Crippen molar-refractivity contribution in [3.05, 3.63) is 53.6 Å². The molecule has 6 nitrogen and oxygen atoms in total. The quantitative estimate of drug-likeness (QED) is 0.678. The minimum absolute atomic E-state index is 0.00622. The maximum Gasteiger partial charge on any atom is 0.471 e. The molecule has 0 bridgehead atoms. The van der Waals surface area contributed by atoms with Crippen molar-refractivity contribution in [1.29, 1.82) is 0 Å². The Kier molecular flexibility index (Phi) is 5.16. The number of phenols is 2.